The van der Waals surface area contributed by atoms with Crippen LogP contribution < -0.4 is 5.73 Å². The molecule has 2 aromatic rings. The number of amidine groups is 1. The summed E-state index contributed by atoms with van der Waals surface area (Å²) in [6.45, 7) is 6.84. The molecule has 1 heterocycles. The van der Waals surface area contributed by atoms with Crippen LogP contribution in [0.4, 0.5) is 0 Å². The van der Waals surface area contributed by atoms with Crippen LogP contribution in [0.25, 0.3) is 11.0 Å². The number of nitrogens with one attached hydrogen (secondary N) is 1. The van der Waals surface area contributed by atoms with Crippen LogP contribution in [0.15, 0.2) is 18.5 Å². The summed E-state index contributed by atoms with van der Waals surface area (Å²) in [5.41, 5.74) is 10.1. The van der Waals surface area contributed by atoms with Crippen molar-refractivity contribution in [3.63, 3.8) is 0 Å². The summed E-state index contributed by atoms with van der Waals surface area (Å²) < 4.78 is 2.06. The molecule has 0 spiro atoms. The molecule has 0 bridgehead atoms. The number of nitrogens with zero attached hydrogens (tertiary/aromatic N) is 2. The minimum absolute atomic E-state index is 0.0361. The number of benzene rings is 1. The number of nitrogens with two attached hydrogens (primary N) is 1. The van der Waals surface area contributed by atoms with Crippen molar-refractivity contribution in [3.8, 4) is 0 Å². The van der Waals surface area contributed by atoms with Crippen molar-refractivity contribution in [2.75, 3.05) is 0 Å². The maximum absolute atomic E-state index is 7.43. The number of fused-ring (bicyclic) bond motifs is 1. The second-order valence-corrected chi connectivity index (χ2v) is 4.68. The molecule has 1 unspecified atom stereocenters. The first-order valence-corrected chi connectivity index (χ1v) is 5.75. The number of aromatic nitrogens is 2. The summed E-state index contributed by atoms with van der Waals surface area (Å²) in [4.78, 5) is 4.38. The minimum Gasteiger partial charge on any atom is -0.387 e. The van der Waals surface area contributed by atoms with Crippen LogP contribution in [0.1, 0.15) is 18.1 Å². The molecule has 0 saturated carbocycles. The van der Waals surface area contributed by atoms with Gasteiger partial charge in [0.1, 0.15) is 0 Å². The molecule has 0 radical (unpaired) electrons. The molecule has 0 fully saturated rings. The van der Waals surface area contributed by atoms with Crippen LogP contribution in [0, 0.1) is 25.2 Å². The van der Waals surface area contributed by atoms with Crippen molar-refractivity contribution in [1.29, 1.82) is 5.41 Å². The van der Waals surface area contributed by atoms with Gasteiger partial charge in [0.15, 0.2) is 0 Å². The summed E-state index contributed by atoms with van der Waals surface area (Å²) >= 11 is 0. The van der Waals surface area contributed by atoms with E-state index >= 15 is 0 Å². The predicted octanol–water partition coefficient (Wildman–Crippen LogP) is 2.23. The van der Waals surface area contributed by atoms with E-state index < -0.39 is 0 Å². The number of hydrogen-bond acceptors (Lipinski definition) is 2. The molecule has 1 atom stereocenters. The molecule has 0 saturated heterocycles. The molecule has 4 heteroatoms. The van der Waals surface area contributed by atoms with E-state index in [0.717, 1.165) is 11.0 Å². The normalized spacial score (nSPS) is 12.9. The Kier molecular flexibility index (Phi) is 2.88. The van der Waals surface area contributed by atoms with E-state index in [-0.39, 0.29) is 11.8 Å². The van der Waals surface area contributed by atoms with Crippen LogP contribution in [0.3, 0.4) is 0 Å². The molecule has 0 aliphatic heterocycles. The van der Waals surface area contributed by atoms with E-state index in [4.69, 9.17) is 11.1 Å². The van der Waals surface area contributed by atoms with Gasteiger partial charge in [-0.3, -0.25) is 5.41 Å². The van der Waals surface area contributed by atoms with Gasteiger partial charge in [0.05, 0.1) is 23.2 Å². The Labute approximate surface area is 101 Å². The molecule has 0 amide bonds. The zero-order valence-electron chi connectivity index (χ0n) is 10.5. The molecule has 0 aliphatic carbocycles. The number of aryl methyl sites for hydroxylation is 2. The summed E-state index contributed by atoms with van der Waals surface area (Å²) in [5, 5.41) is 7.43. The van der Waals surface area contributed by atoms with Gasteiger partial charge in [-0.2, -0.15) is 0 Å². The van der Waals surface area contributed by atoms with E-state index in [9.17, 15) is 0 Å². The SMILES string of the molecule is Cc1cc2ncn(CC(C)C(=N)N)c2cc1C. The monoisotopic (exact) mass is 230 g/mol. The maximum Gasteiger partial charge on any atom is 0.0958 e. The Balaban J connectivity index is 2.42. The quantitative estimate of drug-likeness (QED) is 0.627. The van der Waals surface area contributed by atoms with Crippen LogP contribution in [-0.4, -0.2) is 15.4 Å². The maximum atomic E-state index is 7.43. The first-order valence-electron chi connectivity index (χ1n) is 5.75. The number of imidazole rings is 1. The summed E-state index contributed by atoms with van der Waals surface area (Å²) in [7, 11) is 0. The van der Waals surface area contributed by atoms with Gasteiger partial charge in [0, 0.05) is 12.5 Å². The third-order valence-electron chi connectivity index (χ3n) is 3.24. The highest BCUT2D eigenvalue weighted by Gasteiger charge is 2.10. The molecule has 1 aromatic heterocycles. The third-order valence-corrected chi connectivity index (χ3v) is 3.24. The number of rotatable bonds is 3. The highest BCUT2D eigenvalue weighted by atomic mass is 15.0. The smallest absolute Gasteiger partial charge is 0.0958 e. The van der Waals surface area contributed by atoms with Crippen LogP contribution in [0.5, 0.6) is 0 Å². The van der Waals surface area contributed by atoms with E-state index in [0.29, 0.717) is 6.54 Å². The van der Waals surface area contributed by atoms with Gasteiger partial charge in [-0.05, 0) is 37.1 Å². The largest absolute Gasteiger partial charge is 0.387 e. The lowest BCUT2D eigenvalue weighted by molar-refractivity contribution is 0.604. The van der Waals surface area contributed by atoms with Crippen molar-refractivity contribution in [1.82, 2.24) is 9.55 Å². The van der Waals surface area contributed by atoms with Crippen molar-refractivity contribution >= 4 is 16.9 Å². The van der Waals surface area contributed by atoms with E-state index in [1.165, 1.54) is 11.1 Å². The fourth-order valence-corrected chi connectivity index (χ4v) is 1.85. The van der Waals surface area contributed by atoms with Crippen LogP contribution in [0.2, 0.25) is 0 Å². The van der Waals surface area contributed by atoms with Crippen molar-refractivity contribution in [2.45, 2.75) is 27.3 Å². The Morgan fingerprint density at radius 1 is 1.41 bits per heavy atom. The van der Waals surface area contributed by atoms with Crippen LogP contribution >= 0.6 is 0 Å². The lowest BCUT2D eigenvalue weighted by Gasteiger charge is -2.11. The van der Waals surface area contributed by atoms with E-state index in [1.807, 2.05) is 13.3 Å². The average molecular weight is 230 g/mol. The highest BCUT2D eigenvalue weighted by Crippen LogP contribution is 2.19. The van der Waals surface area contributed by atoms with Gasteiger partial charge in [0.25, 0.3) is 0 Å². The fraction of sp³-hybridized carbons (Fsp3) is 0.385. The van der Waals surface area contributed by atoms with Crippen molar-refractivity contribution in [3.05, 3.63) is 29.6 Å². The molecule has 90 valence electrons. The van der Waals surface area contributed by atoms with Crippen LogP contribution in [-0.2, 0) is 6.54 Å². The lowest BCUT2D eigenvalue weighted by Crippen LogP contribution is -2.23. The standard InChI is InChI=1S/C13H18N4/c1-8-4-11-12(5-9(8)2)17(7-16-11)6-10(3)13(14)15/h4-5,7,10H,6H2,1-3H3,(H3,14,15). The van der Waals surface area contributed by atoms with E-state index in [2.05, 4.69) is 35.5 Å². The lowest BCUT2D eigenvalue weighted by atomic mass is 10.1. The first kappa shape index (κ1) is 11.6. The average Bonchev–Trinajstić information content (AvgIpc) is 2.62. The molecule has 0 aliphatic rings. The summed E-state index contributed by atoms with van der Waals surface area (Å²) in [5.74, 6) is 0.254. The third kappa shape index (κ3) is 2.16. The second kappa shape index (κ2) is 4.20. The Morgan fingerprint density at radius 2 is 2.06 bits per heavy atom. The van der Waals surface area contributed by atoms with Gasteiger partial charge in [-0.25, -0.2) is 4.98 Å². The second-order valence-electron chi connectivity index (χ2n) is 4.68. The summed E-state index contributed by atoms with van der Waals surface area (Å²) in [6, 6.07) is 4.24. The summed E-state index contributed by atoms with van der Waals surface area (Å²) in [6.07, 6.45) is 1.82. The topological polar surface area (TPSA) is 67.7 Å². The zero-order chi connectivity index (χ0) is 12.6. The zero-order valence-corrected chi connectivity index (χ0v) is 10.5. The first-order chi connectivity index (χ1) is 7.99. The van der Waals surface area contributed by atoms with E-state index in [1.54, 1.807) is 0 Å². The molecule has 3 N–H and O–H groups in total. The molecule has 2 rings (SSSR count). The predicted molar refractivity (Wildman–Crippen MR) is 70.3 cm³/mol. The molecule has 17 heavy (non-hydrogen) atoms. The van der Waals surface area contributed by atoms with Crippen molar-refractivity contribution < 1.29 is 0 Å². The molecular weight excluding hydrogens is 212 g/mol. The minimum atomic E-state index is 0.0361. The fourth-order valence-electron chi connectivity index (χ4n) is 1.85. The van der Waals surface area contributed by atoms with Crippen molar-refractivity contribution in [2.24, 2.45) is 11.7 Å². The molecular formula is C13H18N4. The van der Waals surface area contributed by atoms with Gasteiger partial charge in [-0.15, -0.1) is 0 Å². The van der Waals surface area contributed by atoms with Gasteiger partial charge < -0.3 is 10.3 Å². The Morgan fingerprint density at radius 3 is 2.71 bits per heavy atom. The Hall–Kier alpha value is -1.84. The molecule has 4 nitrogen and oxygen atoms in total. The number of hydrogen-bond donors (Lipinski definition) is 2. The molecule has 1 aromatic carbocycles. The van der Waals surface area contributed by atoms with Gasteiger partial charge in [-0.1, -0.05) is 6.92 Å². The highest BCUT2D eigenvalue weighted by molar-refractivity contribution is 5.80. The van der Waals surface area contributed by atoms with Gasteiger partial charge >= 0.3 is 0 Å². The Bertz CT molecular complexity index is 568. The van der Waals surface area contributed by atoms with Gasteiger partial charge in [0.2, 0.25) is 0 Å².